The molecule has 1 fully saturated rings. The molecule has 2 rings (SSSR count). The Kier molecular flexibility index (Phi) is 4.81. The van der Waals surface area contributed by atoms with Gasteiger partial charge in [0.2, 0.25) is 5.91 Å². The maximum atomic E-state index is 12.8. The van der Waals surface area contributed by atoms with Crippen LogP contribution in [0.4, 0.5) is 0 Å². The van der Waals surface area contributed by atoms with Crippen LogP contribution < -0.4 is 5.32 Å². The van der Waals surface area contributed by atoms with Gasteiger partial charge >= 0.3 is 0 Å². The Bertz CT molecular complexity index is 464. The number of aryl methyl sites for hydroxylation is 1. The maximum absolute atomic E-state index is 12.8. The molecule has 1 aliphatic carbocycles. The van der Waals surface area contributed by atoms with E-state index in [0.29, 0.717) is 6.42 Å². The van der Waals surface area contributed by atoms with E-state index in [0.717, 1.165) is 31.2 Å². The molecule has 1 aromatic rings. The second kappa shape index (κ2) is 6.40. The summed E-state index contributed by atoms with van der Waals surface area (Å²) >= 11 is 0. The zero-order valence-corrected chi connectivity index (χ0v) is 12.5. The van der Waals surface area contributed by atoms with E-state index in [2.05, 4.69) is 30.4 Å². The Hall–Kier alpha value is -1.35. The van der Waals surface area contributed by atoms with Gasteiger partial charge < -0.3 is 10.4 Å². The van der Waals surface area contributed by atoms with Crippen LogP contribution in [-0.2, 0) is 10.2 Å². The molecule has 0 radical (unpaired) electrons. The van der Waals surface area contributed by atoms with Gasteiger partial charge in [-0.15, -0.1) is 0 Å². The molecule has 1 amide bonds. The van der Waals surface area contributed by atoms with E-state index >= 15 is 0 Å². The van der Waals surface area contributed by atoms with Crippen LogP contribution in [0, 0.1) is 6.92 Å². The van der Waals surface area contributed by atoms with Gasteiger partial charge in [0.05, 0.1) is 5.41 Å². The molecule has 0 aromatic heterocycles. The highest BCUT2D eigenvalue weighted by atomic mass is 16.3. The normalized spacial score (nSPS) is 18.8. The van der Waals surface area contributed by atoms with E-state index in [1.807, 2.05) is 13.0 Å². The highest BCUT2D eigenvalue weighted by Gasteiger charge is 2.42. The third kappa shape index (κ3) is 3.04. The van der Waals surface area contributed by atoms with E-state index < -0.39 is 0 Å². The molecular formula is C17H25NO2. The number of aliphatic hydroxyl groups excluding tert-OH is 1. The molecule has 20 heavy (non-hydrogen) atoms. The SMILES string of the molecule is Cc1cccc(C2(C(=O)NC(C)CCO)CCCC2)c1. The van der Waals surface area contributed by atoms with Gasteiger partial charge in [-0.05, 0) is 38.7 Å². The second-order valence-corrected chi connectivity index (χ2v) is 6.05. The standard InChI is InChI=1S/C17H25NO2/c1-13-6-5-7-15(12-13)17(9-3-4-10-17)16(20)18-14(2)8-11-19/h5-7,12,14,19H,3-4,8-11H2,1-2H3,(H,18,20). The molecule has 1 saturated carbocycles. The number of hydrogen-bond donors (Lipinski definition) is 2. The van der Waals surface area contributed by atoms with Crippen LogP contribution in [0.15, 0.2) is 24.3 Å². The lowest BCUT2D eigenvalue weighted by Crippen LogP contribution is -2.46. The summed E-state index contributed by atoms with van der Waals surface area (Å²) in [4.78, 5) is 12.8. The van der Waals surface area contributed by atoms with Crippen LogP contribution in [0.5, 0.6) is 0 Å². The number of hydrogen-bond acceptors (Lipinski definition) is 2. The number of nitrogens with one attached hydrogen (secondary N) is 1. The predicted octanol–water partition coefficient (Wildman–Crippen LogP) is 2.69. The van der Waals surface area contributed by atoms with Gasteiger partial charge in [-0.25, -0.2) is 0 Å². The molecule has 3 nitrogen and oxygen atoms in total. The molecule has 1 atom stereocenters. The zero-order valence-electron chi connectivity index (χ0n) is 12.5. The van der Waals surface area contributed by atoms with Crippen molar-refractivity contribution in [2.45, 2.75) is 57.4 Å². The van der Waals surface area contributed by atoms with E-state index in [1.54, 1.807) is 0 Å². The van der Waals surface area contributed by atoms with Crippen molar-refractivity contribution >= 4 is 5.91 Å². The van der Waals surface area contributed by atoms with Crippen LogP contribution in [0.3, 0.4) is 0 Å². The van der Waals surface area contributed by atoms with Crippen LogP contribution in [-0.4, -0.2) is 23.7 Å². The Morgan fingerprint density at radius 1 is 1.40 bits per heavy atom. The van der Waals surface area contributed by atoms with Crippen molar-refractivity contribution in [2.24, 2.45) is 0 Å². The number of amides is 1. The Balaban J connectivity index is 2.23. The van der Waals surface area contributed by atoms with Gasteiger partial charge in [-0.2, -0.15) is 0 Å². The monoisotopic (exact) mass is 275 g/mol. The highest BCUT2D eigenvalue weighted by molar-refractivity contribution is 5.88. The van der Waals surface area contributed by atoms with E-state index in [-0.39, 0.29) is 24.0 Å². The van der Waals surface area contributed by atoms with Gasteiger partial charge in [-0.3, -0.25) is 4.79 Å². The van der Waals surface area contributed by atoms with Gasteiger partial charge in [0.25, 0.3) is 0 Å². The summed E-state index contributed by atoms with van der Waals surface area (Å²) in [5, 5.41) is 12.1. The van der Waals surface area contributed by atoms with Crippen molar-refractivity contribution in [1.29, 1.82) is 0 Å². The molecule has 0 heterocycles. The third-order valence-corrected chi connectivity index (χ3v) is 4.40. The molecule has 0 aliphatic heterocycles. The van der Waals surface area contributed by atoms with E-state index in [9.17, 15) is 4.79 Å². The van der Waals surface area contributed by atoms with Gasteiger partial charge in [-0.1, -0.05) is 42.7 Å². The molecule has 1 aliphatic rings. The topological polar surface area (TPSA) is 49.3 Å². The summed E-state index contributed by atoms with van der Waals surface area (Å²) in [6, 6.07) is 8.35. The second-order valence-electron chi connectivity index (χ2n) is 6.05. The summed E-state index contributed by atoms with van der Waals surface area (Å²) in [7, 11) is 0. The number of carbonyl (C=O) groups excluding carboxylic acids is 1. The summed E-state index contributed by atoms with van der Waals surface area (Å²) in [6.45, 7) is 4.13. The van der Waals surface area contributed by atoms with Crippen molar-refractivity contribution in [3.63, 3.8) is 0 Å². The fourth-order valence-electron chi connectivity index (χ4n) is 3.20. The Morgan fingerprint density at radius 2 is 2.10 bits per heavy atom. The lowest BCUT2D eigenvalue weighted by Gasteiger charge is -2.30. The lowest BCUT2D eigenvalue weighted by atomic mass is 9.77. The first-order valence-electron chi connectivity index (χ1n) is 7.57. The number of rotatable bonds is 5. The van der Waals surface area contributed by atoms with Gasteiger partial charge in [0, 0.05) is 12.6 Å². The molecular weight excluding hydrogens is 250 g/mol. The smallest absolute Gasteiger partial charge is 0.230 e. The first kappa shape index (κ1) is 15.0. The van der Waals surface area contributed by atoms with Crippen molar-refractivity contribution in [3.05, 3.63) is 35.4 Å². The lowest BCUT2D eigenvalue weighted by molar-refractivity contribution is -0.127. The average Bonchev–Trinajstić information content (AvgIpc) is 2.89. The highest BCUT2D eigenvalue weighted by Crippen LogP contribution is 2.41. The summed E-state index contributed by atoms with van der Waals surface area (Å²) in [5.41, 5.74) is 1.98. The third-order valence-electron chi connectivity index (χ3n) is 4.40. The number of aliphatic hydroxyl groups is 1. The molecule has 0 spiro atoms. The minimum atomic E-state index is -0.365. The largest absolute Gasteiger partial charge is 0.396 e. The number of carbonyl (C=O) groups is 1. The first-order chi connectivity index (χ1) is 9.58. The minimum absolute atomic E-state index is 0.0229. The summed E-state index contributed by atoms with van der Waals surface area (Å²) < 4.78 is 0. The van der Waals surface area contributed by atoms with Crippen LogP contribution in [0.1, 0.15) is 50.2 Å². The predicted molar refractivity (Wildman–Crippen MR) is 80.6 cm³/mol. The summed E-state index contributed by atoms with van der Waals surface area (Å²) in [6.07, 6.45) is 4.67. The molecule has 0 saturated heterocycles. The van der Waals surface area contributed by atoms with E-state index in [4.69, 9.17) is 5.11 Å². The Morgan fingerprint density at radius 3 is 2.70 bits per heavy atom. The fourth-order valence-corrected chi connectivity index (χ4v) is 3.20. The number of benzene rings is 1. The molecule has 1 aromatic carbocycles. The fraction of sp³-hybridized carbons (Fsp3) is 0.588. The van der Waals surface area contributed by atoms with Crippen molar-refractivity contribution in [1.82, 2.24) is 5.32 Å². The van der Waals surface area contributed by atoms with Gasteiger partial charge in [0.15, 0.2) is 0 Å². The van der Waals surface area contributed by atoms with Crippen molar-refractivity contribution in [3.8, 4) is 0 Å². The summed E-state index contributed by atoms with van der Waals surface area (Å²) in [5.74, 6) is 0.126. The van der Waals surface area contributed by atoms with Crippen LogP contribution >= 0.6 is 0 Å². The quantitative estimate of drug-likeness (QED) is 0.868. The minimum Gasteiger partial charge on any atom is -0.396 e. The maximum Gasteiger partial charge on any atom is 0.230 e. The average molecular weight is 275 g/mol. The molecule has 110 valence electrons. The molecule has 2 N–H and O–H groups in total. The van der Waals surface area contributed by atoms with E-state index in [1.165, 1.54) is 5.56 Å². The molecule has 3 heteroatoms. The van der Waals surface area contributed by atoms with Crippen molar-refractivity contribution in [2.75, 3.05) is 6.61 Å². The van der Waals surface area contributed by atoms with Crippen LogP contribution in [0.2, 0.25) is 0 Å². The van der Waals surface area contributed by atoms with Crippen LogP contribution in [0.25, 0.3) is 0 Å². The first-order valence-corrected chi connectivity index (χ1v) is 7.57. The molecule has 1 unspecified atom stereocenters. The van der Waals surface area contributed by atoms with Crippen molar-refractivity contribution < 1.29 is 9.90 Å². The Labute approximate surface area is 121 Å². The van der Waals surface area contributed by atoms with Gasteiger partial charge in [0.1, 0.15) is 0 Å². The zero-order chi connectivity index (χ0) is 14.6. The molecule has 0 bridgehead atoms.